The third kappa shape index (κ3) is 37.1. The van der Waals surface area contributed by atoms with Gasteiger partial charge in [-0.1, -0.05) is 166 Å². The molecule has 0 heterocycles. The van der Waals surface area contributed by atoms with E-state index in [1.807, 2.05) is 0 Å². The molecular formula is C48H87NO7. The number of aliphatic carboxylic acids is 1. The molecule has 0 saturated heterocycles. The van der Waals surface area contributed by atoms with Gasteiger partial charge in [0, 0.05) is 19.3 Å². The topological polar surface area (TPSA) is 102 Å². The van der Waals surface area contributed by atoms with Crippen LogP contribution in [0.15, 0.2) is 36.5 Å². The van der Waals surface area contributed by atoms with E-state index < -0.39 is 18.1 Å². The van der Waals surface area contributed by atoms with Gasteiger partial charge in [0.05, 0.1) is 40.3 Å². The molecule has 0 fully saturated rings. The molecule has 0 aromatic rings. The molecule has 0 rings (SSSR count). The van der Waals surface area contributed by atoms with Crippen molar-refractivity contribution >= 4 is 17.9 Å². The lowest BCUT2D eigenvalue weighted by molar-refractivity contribution is -0.889. The van der Waals surface area contributed by atoms with Gasteiger partial charge in [-0.3, -0.25) is 9.59 Å². The summed E-state index contributed by atoms with van der Waals surface area (Å²) in [6, 6.07) is -0.724. The zero-order valence-electron chi connectivity index (χ0n) is 37.1. The van der Waals surface area contributed by atoms with Crippen LogP contribution in [0.3, 0.4) is 0 Å². The summed E-state index contributed by atoms with van der Waals surface area (Å²) >= 11 is 0. The molecule has 56 heavy (non-hydrogen) atoms. The second-order valence-electron chi connectivity index (χ2n) is 16.6. The van der Waals surface area contributed by atoms with Crippen molar-refractivity contribution in [3.63, 3.8) is 0 Å². The summed E-state index contributed by atoms with van der Waals surface area (Å²) in [6.07, 6.45) is 44.5. The maximum absolute atomic E-state index is 12.7. The number of hydrogen-bond donors (Lipinski definition) is 0. The first-order valence-electron chi connectivity index (χ1n) is 23.0. The number of likely N-dealkylation sites (N-methyl/N-ethyl adjacent to an activating group) is 1. The van der Waals surface area contributed by atoms with Crippen LogP contribution in [0.5, 0.6) is 0 Å². The first-order chi connectivity index (χ1) is 27.1. The second-order valence-corrected chi connectivity index (χ2v) is 16.6. The molecule has 8 nitrogen and oxygen atoms in total. The number of hydrogen-bond acceptors (Lipinski definition) is 7. The standard InChI is InChI=1S/C48H87NO7/c1-6-8-10-12-14-16-18-19-20-21-22-23-24-25-26-27-28-29-31-33-35-37-39-47(51)56-44(42-54-41-40-45(48(52)53)49(3,4)5)43-55-46(50)38-36-34-32-30-17-15-13-11-9-7-2/h14,16,19-20,22-23,44-45H,6-13,15,17-18,21,24-43H2,1-5H3/b16-14+,20-19+,23-22+. The fraction of sp³-hybridized carbons (Fsp3) is 0.812. The third-order valence-electron chi connectivity index (χ3n) is 10.3. The van der Waals surface area contributed by atoms with Crippen LogP contribution in [0, 0.1) is 0 Å². The van der Waals surface area contributed by atoms with E-state index in [-0.39, 0.29) is 42.7 Å². The predicted octanol–water partition coefficient (Wildman–Crippen LogP) is 11.3. The predicted molar refractivity (Wildman–Crippen MR) is 231 cm³/mol. The van der Waals surface area contributed by atoms with Gasteiger partial charge in [0.15, 0.2) is 6.10 Å². The van der Waals surface area contributed by atoms with Crippen LogP contribution >= 0.6 is 0 Å². The number of ether oxygens (including phenoxy) is 3. The van der Waals surface area contributed by atoms with E-state index >= 15 is 0 Å². The fourth-order valence-electron chi connectivity index (χ4n) is 6.67. The lowest BCUT2D eigenvalue weighted by Crippen LogP contribution is -2.55. The van der Waals surface area contributed by atoms with Crippen molar-refractivity contribution in [2.75, 3.05) is 41.0 Å². The van der Waals surface area contributed by atoms with Gasteiger partial charge in [0.25, 0.3) is 0 Å². The first kappa shape index (κ1) is 53.6. The van der Waals surface area contributed by atoms with Gasteiger partial charge in [0.1, 0.15) is 12.6 Å². The molecular weight excluding hydrogens is 703 g/mol. The summed E-state index contributed by atoms with van der Waals surface area (Å²) in [6.45, 7) is 4.62. The number of nitrogens with zero attached hydrogens (tertiary/aromatic N) is 1. The summed E-state index contributed by atoms with van der Waals surface area (Å²) in [5.74, 6) is -1.74. The van der Waals surface area contributed by atoms with Gasteiger partial charge >= 0.3 is 11.9 Å². The van der Waals surface area contributed by atoms with Crippen molar-refractivity contribution < 1.29 is 38.2 Å². The number of quaternary nitrogens is 1. The molecule has 0 saturated carbocycles. The van der Waals surface area contributed by atoms with E-state index in [0.717, 1.165) is 57.8 Å². The fourth-order valence-corrected chi connectivity index (χ4v) is 6.67. The molecule has 0 aliphatic carbocycles. The number of unbranched alkanes of at least 4 members (excludes halogenated alkanes) is 21. The number of rotatable bonds is 41. The van der Waals surface area contributed by atoms with Gasteiger partial charge < -0.3 is 28.6 Å². The highest BCUT2D eigenvalue weighted by Crippen LogP contribution is 2.15. The largest absolute Gasteiger partial charge is 0.544 e. The van der Waals surface area contributed by atoms with Crippen LogP contribution in [0.4, 0.5) is 0 Å². The molecule has 2 unspecified atom stereocenters. The number of allylic oxidation sites excluding steroid dienone is 6. The van der Waals surface area contributed by atoms with Crippen molar-refractivity contribution in [3.05, 3.63) is 36.5 Å². The lowest BCUT2D eigenvalue weighted by atomic mass is 10.1. The molecule has 0 aromatic heterocycles. The van der Waals surface area contributed by atoms with Gasteiger partial charge in [-0.15, -0.1) is 0 Å². The van der Waals surface area contributed by atoms with Crippen LogP contribution in [-0.2, 0) is 28.6 Å². The summed E-state index contributed by atoms with van der Waals surface area (Å²) in [5, 5.41) is 11.6. The minimum absolute atomic E-state index is 0.0409. The Kier molecular flexibility index (Phi) is 37.7. The highest BCUT2D eigenvalue weighted by atomic mass is 16.6. The Hall–Kier alpha value is -2.45. The second kappa shape index (κ2) is 39.4. The van der Waals surface area contributed by atoms with E-state index in [1.54, 1.807) is 21.1 Å². The van der Waals surface area contributed by atoms with Crippen LogP contribution in [0.2, 0.25) is 0 Å². The van der Waals surface area contributed by atoms with Crippen LogP contribution < -0.4 is 5.11 Å². The SMILES string of the molecule is CCCCC/C=C/C/C=C/C/C=C/CCCCCCCCCCCC(=O)OC(COCCC(C(=O)[O-])[N+](C)(C)C)COC(=O)CCCCCCCCCCCC. The highest BCUT2D eigenvalue weighted by Gasteiger charge is 2.25. The van der Waals surface area contributed by atoms with E-state index in [9.17, 15) is 19.5 Å². The molecule has 0 radical (unpaired) electrons. The van der Waals surface area contributed by atoms with Crippen molar-refractivity contribution in [3.8, 4) is 0 Å². The number of carbonyl (C=O) groups excluding carboxylic acids is 3. The van der Waals surface area contributed by atoms with Gasteiger partial charge in [0.2, 0.25) is 0 Å². The lowest BCUT2D eigenvalue weighted by Gasteiger charge is -2.34. The smallest absolute Gasteiger partial charge is 0.306 e. The van der Waals surface area contributed by atoms with E-state index in [1.165, 1.54) is 109 Å². The van der Waals surface area contributed by atoms with Gasteiger partial charge in [-0.2, -0.15) is 0 Å². The maximum Gasteiger partial charge on any atom is 0.306 e. The van der Waals surface area contributed by atoms with Gasteiger partial charge in [-0.05, 0) is 51.4 Å². The van der Waals surface area contributed by atoms with Crippen molar-refractivity contribution in [2.24, 2.45) is 0 Å². The average molecular weight is 790 g/mol. The Morgan fingerprint density at radius 2 is 0.946 bits per heavy atom. The Bertz CT molecular complexity index is 1020. The molecule has 8 heteroatoms. The van der Waals surface area contributed by atoms with E-state index in [4.69, 9.17) is 14.2 Å². The molecule has 0 aliphatic rings. The molecule has 326 valence electrons. The highest BCUT2D eigenvalue weighted by molar-refractivity contribution is 5.70. The average Bonchev–Trinajstić information content (AvgIpc) is 3.15. The Labute approximate surface area is 344 Å². The Morgan fingerprint density at radius 3 is 1.43 bits per heavy atom. The van der Waals surface area contributed by atoms with Crippen molar-refractivity contribution in [1.29, 1.82) is 0 Å². The molecule has 0 amide bonds. The summed E-state index contributed by atoms with van der Waals surface area (Å²) < 4.78 is 17.2. The Morgan fingerprint density at radius 1 is 0.536 bits per heavy atom. The number of carboxylic acids is 1. The molecule has 0 bridgehead atoms. The van der Waals surface area contributed by atoms with Gasteiger partial charge in [-0.25, -0.2) is 0 Å². The summed E-state index contributed by atoms with van der Waals surface area (Å²) in [7, 11) is 5.41. The first-order valence-corrected chi connectivity index (χ1v) is 23.0. The van der Waals surface area contributed by atoms with E-state index in [2.05, 4.69) is 50.3 Å². The van der Waals surface area contributed by atoms with Crippen molar-refractivity contribution in [2.45, 2.75) is 212 Å². The number of esters is 2. The molecule has 0 N–H and O–H groups in total. The molecule has 0 aromatic carbocycles. The Balaban J connectivity index is 4.24. The zero-order chi connectivity index (χ0) is 41.4. The minimum atomic E-state index is -1.13. The van der Waals surface area contributed by atoms with Crippen LogP contribution in [-0.4, -0.2) is 75.5 Å². The number of carbonyl (C=O) groups is 3. The number of carboxylic acid groups (broad SMARTS) is 1. The van der Waals surface area contributed by atoms with E-state index in [0.29, 0.717) is 12.8 Å². The maximum atomic E-state index is 12.7. The minimum Gasteiger partial charge on any atom is -0.544 e. The zero-order valence-corrected chi connectivity index (χ0v) is 37.1. The molecule has 0 spiro atoms. The normalized spacial score (nSPS) is 13.2. The third-order valence-corrected chi connectivity index (χ3v) is 10.3. The monoisotopic (exact) mass is 790 g/mol. The van der Waals surface area contributed by atoms with Crippen LogP contribution in [0.1, 0.15) is 200 Å². The molecule has 2 atom stereocenters. The quantitative estimate of drug-likeness (QED) is 0.0263. The van der Waals surface area contributed by atoms with Crippen molar-refractivity contribution in [1.82, 2.24) is 0 Å². The molecule has 0 aliphatic heterocycles. The summed E-state index contributed by atoms with van der Waals surface area (Å²) in [5.41, 5.74) is 0. The van der Waals surface area contributed by atoms with Crippen LogP contribution in [0.25, 0.3) is 0 Å². The summed E-state index contributed by atoms with van der Waals surface area (Å²) in [4.78, 5) is 36.8.